The Balaban J connectivity index is 1.55. The summed E-state index contributed by atoms with van der Waals surface area (Å²) in [7, 11) is 0. The van der Waals surface area contributed by atoms with Crippen molar-refractivity contribution in [3.8, 4) is 0 Å². The summed E-state index contributed by atoms with van der Waals surface area (Å²) in [5, 5.41) is 6.15. The monoisotopic (exact) mass is 400 g/mol. The van der Waals surface area contributed by atoms with Crippen LogP contribution in [0, 0.1) is 0 Å². The average molecular weight is 401 g/mol. The lowest BCUT2D eigenvalue weighted by atomic mass is 10.2. The van der Waals surface area contributed by atoms with Crippen LogP contribution in [0.4, 0.5) is 5.69 Å². The van der Waals surface area contributed by atoms with Gasteiger partial charge in [0.15, 0.2) is 5.16 Å². The van der Waals surface area contributed by atoms with E-state index in [1.807, 2.05) is 35.7 Å². The van der Waals surface area contributed by atoms with E-state index in [0.717, 1.165) is 34.9 Å². The SMILES string of the molecule is CCCc1cc(=O)[nH]c(SCc2csc(CC(=O)Nc3ccccc3)n2)n1. The Morgan fingerprint density at radius 2 is 2.04 bits per heavy atom. The number of carbonyl (C=O) groups is 1. The number of benzene rings is 1. The van der Waals surface area contributed by atoms with Gasteiger partial charge >= 0.3 is 0 Å². The van der Waals surface area contributed by atoms with Crippen molar-refractivity contribution in [2.45, 2.75) is 37.1 Å². The highest BCUT2D eigenvalue weighted by atomic mass is 32.2. The van der Waals surface area contributed by atoms with Gasteiger partial charge in [-0.15, -0.1) is 11.3 Å². The molecule has 2 aromatic heterocycles. The molecule has 0 saturated carbocycles. The number of nitrogens with zero attached hydrogens (tertiary/aromatic N) is 2. The molecular formula is C19H20N4O2S2. The molecule has 0 bridgehead atoms. The van der Waals surface area contributed by atoms with Crippen LogP contribution in [0.1, 0.15) is 29.7 Å². The molecule has 8 heteroatoms. The molecule has 2 heterocycles. The van der Waals surface area contributed by atoms with Crippen LogP contribution in [0.5, 0.6) is 0 Å². The van der Waals surface area contributed by atoms with Crippen LogP contribution in [0.25, 0.3) is 0 Å². The van der Waals surface area contributed by atoms with E-state index in [2.05, 4.69) is 27.2 Å². The van der Waals surface area contributed by atoms with E-state index in [-0.39, 0.29) is 17.9 Å². The molecule has 3 rings (SSSR count). The molecule has 3 aromatic rings. The van der Waals surface area contributed by atoms with Crippen LogP contribution in [0.15, 0.2) is 51.7 Å². The first-order valence-corrected chi connectivity index (χ1v) is 10.5. The van der Waals surface area contributed by atoms with E-state index >= 15 is 0 Å². The highest BCUT2D eigenvalue weighted by Crippen LogP contribution is 2.21. The Hall–Kier alpha value is -2.45. The van der Waals surface area contributed by atoms with Crippen molar-refractivity contribution in [3.05, 3.63) is 68.5 Å². The van der Waals surface area contributed by atoms with Gasteiger partial charge in [0.05, 0.1) is 12.1 Å². The molecule has 0 aliphatic rings. The van der Waals surface area contributed by atoms with Crippen molar-refractivity contribution in [1.29, 1.82) is 0 Å². The maximum absolute atomic E-state index is 12.1. The number of rotatable bonds is 8. The van der Waals surface area contributed by atoms with Crippen molar-refractivity contribution >= 4 is 34.7 Å². The number of hydrogen-bond donors (Lipinski definition) is 2. The third-order valence-electron chi connectivity index (χ3n) is 3.60. The van der Waals surface area contributed by atoms with Gasteiger partial charge in [0, 0.05) is 28.6 Å². The number of aromatic amines is 1. The molecule has 6 nitrogen and oxygen atoms in total. The standard InChI is InChI=1S/C19H20N4O2S2/c1-2-6-14-9-16(24)23-19(22-14)27-12-15-11-26-18(21-15)10-17(25)20-13-7-4-3-5-8-13/h3-5,7-9,11H,2,6,10,12H2,1H3,(H,20,25)(H,22,23,24). The second-order valence-corrected chi connectivity index (χ2v) is 7.81. The van der Waals surface area contributed by atoms with E-state index in [9.17, 15) is 9.59 Å². The van der Waals surface area contributed by atoms with Gasteiger partial charge in [-0.25, -0.2) is 9.97 Å². The number of aromatic nitrogens is 3. The van der Waals surface area contributed by atoms with Gasteiger partial charge < -0.3 is 10.3 Å². The Labute approximate surface area is 165 Å². The largest absolute Gasteiger partial charge is 0.326 e. The fraction of sp³-hybridized carbons (Fsp3) is 0.263. The average Bonchev–Trinajstić information content (AvgIpc) is 3.08. The molecule has 0 fully saturated rings. The molecule has 140 valence electrons. The van der Waals surface area contributed by atoms with Crippen LogP contribution in [0.3, 0.4) is 0 Å². The molecule has 0 spiro atoms. The highest BCUT2D eigenvalue weighted by molar-refractivity contribution is 7.98. The zero-order valence-corrected chi connectivity index (χ0v) is 16.5. The first-order chi connectivity index (χ1) is 13.1. The number of amides is 1. The number of H-pyrrole nitrogens is 1. The molecule has 1 amide bonds. The van der Waals surface area contributed by atoms with Crippen LogP contribution < -0.4 is 10.9 Å². The number of aryl methyl sites for hydroxylation is 1. The smallest absolute Gasteiger partial charge is 0.251 e. The van der Waals surface area contributed by atoms with Crippen molar-refractivity contribution < 1.29 is 4.79 Å². The number of hydrogen-bond acceptors (Lipinski definition) is 6. The minimum Gasteiger partial charge on any atom is -0.326 e. The van der Waals surface area contributed by atoms with Gasteiger partial charge in [-0.1, -0.05) is 43.3 Å². The maximum Gasteiger partial charge on any atom is 0.251 e. The lowest BCUT2D eigenvalue weighted by molar-refractivity contribution is -0.115. The topological polar surface area (TPSA) is 87.7 Å². The van der Waals surface area contributed by atoms with Crippen molar-refractivity contribution in [2.24, 2.45) is 0 Å². The summed E-state index contributed by atoms with van der Waals surface area (Å²) in [4.78, 5) is 35.5. The van der Waals surface area contributed by atoms with Gasteiger partial charge in [0.25, 0.3) is 5.56 Å². The summed E-state index contributed by atoms with van der Waals surface area (Å²) in [5.41, 5.74) is 2.32. The summed E-state index contributed by atoms with van der Waals surface area (Å²) in [6.07, 6.45) is 1.97. The summed E-state index contributed by atoms with van der Waals surface area (Å²) >= 11 is 2.90. The predicted octanol–water partition coefficient (Wildman–Crippen LogP) is 3.65. The third-order valence-corrected chi connectivity index (χ3v) is 5.41. The van der Waals surface area contributed by atoms with Gasteiger partial charge in [-0.05, 0) is 18.6 Å². The van der Waals surface area contributed by atoms with Crippen LogP contribution in [-0.4, -0.2) is 20.9 Å². The third kappa shape index (κ3) is 6.04. The highest BCUT2D eigenvalue weighted by Gasteiger charge is 2.10. The Morgan fingerprint density at radius 3 is 2.81 bits per heavy atom. The fourth-order valence-corrected chi connectivity index (χ4v) is 4.12. The molecule has 1 aromatic carbocycles. The second-order valence-electron chi connectivity index (χ2n) is 5.90. The van der Waals surface area contributed by atoms with Gasteiger partial charge in [-0.3, -0.25) is 9.59 Å². The van der Waals surface area contributed by atoms with Crippen molar-refractivity contribution in [3.63, 3.8) is 0 Å². The van der Waals surface area contributed by atoms with E-state index in [1.165, 1.54) is 23.1 Å². The van der Waals surface area contributed by atoms with Crippen LogP contribution >= 0.6 is 23.1 Å². The van der Waals surface area contributed by atoms with Crippen molar-refractivity contribution in [1.82, 2.24) is 15.0 Å². The van der Waals surface area contributed by atoms with Crippen molar-refractivity contribution in [2.75, 3.05) is 5.32 Å². The number of anilines is 1. The van der Waals surface area contributed by atoms with Crippen LogP contribution in [-0.2, 0) is 23.4 Å². The minimum atomic E-state index is -0.132. The predicted molar refractivity (Wildman–Crippen MR) is 109 cm³/mol. The van der Waals surface area contributed by atoms with E-state index in [1.54, 1.807) is 6.07 Å². The number of para-hydroxylation sites is 1. The molecule has 0 aliphatic heterocycles. The Morgan fingerprint density at radius 1 is 1.22 bits per heavy atom. The summed E-state index contributed by atoms with van der Waals surface area (Å²) in [5.74, 6) is 0.503. The molecular weight excluding hydrogens is 380 g/mol. The number of nitrogens with one attached hydrogen (secondary N) is 2. The molecule has 27 heavy (non-hydrogen) atoms. The number of thioether (sulfide) groups is 1. The first kappa shape index (κ1) is 19.3. The van der Waals surface area contributed by atoms with E-state index < -0.39 is 0 Å². The van der Waals surface area contributed by atoms with Gasteiger partial charge in [-0.2, -0.15) is 0 Å². The maximum atomic E-state index is 12.1. The quantitative estimate of drug-likeness (QED) is 0.445. The van der Waals surface area contributed by atoms with E-state index in [4.69, 9.17) is 0 Å². The molecule has 2 N–H and O–H groups in total. The summed E-state index contributed by atoms with van der Waals surface area (Å²) in [6.45, 7) is 2.06. The fourth-order valence-electron chi connectivity index (χ4n) is 2.44. The number of thiazole rings is 1. The number of carbonyl (C=O) groups excluding carboxylic acids is 1. The molecule has 0 atom stereocenters. The van der Waals surface area contributed by atoms with E-state index in [0.29, 0.717) is 10.9 Å². The van der Waals surface area contributed by atoms with Crippen LogP contribution in [0.2, 0.25) is 0 Å². The zero-order valence-electron chi connectivity index (χ0n) is 14.9. The molecule has 0 aliphatic carbocycles. The van der Waals surface area contributed by atoms with Gasteiger partial charge in [0.2, 0.25) is 5.91 Å². The normalized spacial score (nSPS) is 10.7. The zero-order chi connectivity index (χ0) is 19.1. The van der Waals surface area contributed by atoms with Gasteiger partial charge in [0.1, 0.15) is 5.01 Å². The Kier molecular flexibility index (Phi) is 6.78. The first-order valence-electron chi connectivity index (χ1n) is 8.63. The molecule has 0 unspecified atom stereocenters. The minimum absolute atomic E-state index is 0.0898. The lowest BCUT2D eigenvalue weighted by Gasteiger charge is -2.03. The lowest BCUT2D eigenvalue weighted by Crippen LogP contribution is -2.14. The summed E-state index contributed by atoms with van der Waals surface area (Å²) < 4.78 is 0. The second kappa shape index (κ2) is 9.48. The Bertz CT molecular complexity index is 954. The summed E-state index contributed by atoms with van der Waals surface area (Å²) in [6, 6.07) is 10.9. The molecule has 0 saturated heterocycles. The molecule has 0 radical (unpaired) electrons.